The molecule has 2 saturated heterocycles. The van der Waals surface area contributed by atoms with E-state index in [9.17, 15) is 9.18 Å². The van der Waals surface area contributed by atoms with E-state index >= 15 is 4.39 Å². The highest BCUT2D eigenvalue weighted by atomic mass is 19.1. The Morgan fingerprint density at radius 2 is 1.98 bits per heavy atom. The molecule has 1 unspecified atom stereocenters. The maximum atomic E-state index is 17.0. The van der Waals surface area contributed by atoms with E-state index < -0.39 is 17.7 Å². The van der Waals surface area contributed by atoms with Gasteiger partial charge in [-0.3, -0.25) is 14.7 Å². The number of aromatic nitrogens is 3. The van der Waals surface area contributed by atoms with Crippen molar-refractivity contribution in [2.75, 3.05) is 77.8 Å². The largest absolute Gasteiger partial charge is 0.497 e. The molecule has 1 atom stereocenters. The van der Waals surface area contributed by atoms with Crippen molar-refractivity contribution in [2.24, 2.45) is 5.41 Å². The van der Waals surface area contributed by atoms with E-state index in [1.54, 1.807) is 18.2 Å². The lowest BCUT2D eigenvalue weighted by molar-refractivity contribution is -0.117. The molecule has 0 radical (unpaired) electrons. The van der Waals surface area contributed by atoms with Crippen molar-refractivity contribution in [3.8, 4) is 35.4 Å². The van der Waals surface area contributed by atoms with Crippen molar-refractivity contribution in [2.45, 2.75) is 18.9 Å². The minimum absolute atomic E-state index is 0.0129. The Labute approximate surface area is 288 Å². The van der Waals surface area contributed by atoms with Gasteiger partial charge < -0.3 is 29.2 Å². The normalized spacial score (nSPS) is 19.1. The van der Waals surface area contributed by atoms with E-state index in [1.807, 2.05) is 4.90 Å². The number of carbonyl (C=O) groups is 1. The molecule has 4 heterocycles. The summed E-state index contributed by atoms with van der Waals surface area (Å²) in [6.45, 7) is 9.26. The number of hydrogen-bond donors (Lipinski definition) is 1. The zero-order valence-electron chi connectivity index (χ0n) is 27.8. The van der Waals surface area contributed by atoms with Gasteiger partial charge in [0.25, 0.3) is 0 Å². The van der Waals surface area contributed by atoms with Crippen molar-refractivity contribution in [1.82, 2.24) is 25.2 Å². The highest BCUT2D eigenvalue weighted by molar-refractivity contribution is 6.03. The number of halogens is 2. The first-order valence-electron chi connectivity index (χ1n) is 16.6. The molecule has 2 aromatic carbocycles. The number of hydrogen-bond acceptors (Lipinski definition) is 10. The Balaban J connectivity index is 1.33. The number of anilines is 1. The van der Waals surface area contributed by atoms with Crippen LogP contribution in [0.25, 0.3) is 32.9 Å². The van der Waals surface area contributed by atoms with Crippen LogP contribution in [0.3, 0.4) is 0 Å². The van der Waals surface area contributed by atoms with Crippen LogP contribution in [0.1, 0.15) is 18.4 Å². The average Bonchev–Trinajstić information content (AvgIpc) is 3.94. The Morgan fingerprint density at radius 3 is 2.72 bits per heavy atom. The number of pyridine rings is 1. The molecule has 2 aliphatic heterocycles. The van der Waals surface area contributed by atoms with Gasteiger partial charge >= 0.3 is 6.01 Å². The van der Waals surface area contributed by atoms with Crippen molar-refractivity contribution in [3.63, 3.8) is 0 Å². The first-order chi connectivity index (χ1) is 24.3. The molecule has 0 spiro atoms. The number of amides is 1. The molecule has 260 valence electrons. The summed E-state index contributed by atoms with van der Waals surface area (Å²) in [6.07, 6.45) is 10.4. The number of benzene rings is 2. The van der Waals surface area contributed by atoms with E-state index in [0.717, 1.165) is 32.5 Å². The number of ether oxygens (including phenoxy) is 4. The van der Waals surface area contributed by atoms with E-state index in [2.05, 4.69) is 32.7 Å². The summed E-state index contributed by atoms with van der Waals surface area (Å²) in [4.78, 5) is 30.5. The highest BCUT2D eigenvalue weighted by Gasteiger charge is 2.45. The van der Waals surface area contributed by atoms with Gasteiger partial charge in [-0.25, -0.2) is 8.78 Å². The number of carbonyl (C=O) groups excluding carboxylic acids is 1. The lowest BCUT2D eigenvalue weighted by Gasteiger charge is -2.30. The first kappa shape index (κ1) is 33.6. The number of nitrogens with zero attached hydrogens (tertiary/aromatic N) is 5. The molecule has 4 aromatic rings. The summed E-state index contributed by atoms with van der Waals surface area (Å²) in [7, 11) is 1.49. The summed E-state index contributed by atoms with van der Waals surface area (Å²) in [5.74, 6) is 1.52. The molecular formula is C37H38F2N6O5. The summed E-state index contributed by atoms with van der Waals surface area (Å²) < 4.78 is 55.1. The fourth-order valence-corrected chi connectivity index (χ4v) is 6.70. The second kappa shape index (κ2) is 14.1. The van der Waals surface area contributed by atoms with Crippen molar-refractivity contribution in [3.05, 3.63) is 60.3 Å². The van der Waals surface area contributed by atoms with Crippen LogP contribution in [-0.4, -0.2) is 105 Å². The molecule has 7 rings (SSSR count). The Morgan fingerprint density at radius 1 is 1.18 bits per heavy atom. The van der Waals surface area contributed by atoms with Crippen LogP contribution in [0, 0.1) is 29.4 Å². The van der Waals surface area contributed by atoms with Crippen LogP contribution in [0.5, 0.6) is 11.8 Å². The summed E-state index contributed by atoms with van der Waals surface area (Å²) in [6, 6.07) is 5.75. The van der Waals surface area contributed by atoms with E-state index in [1.165, 1.54) is 25.4 Å². The minimum atomic E-state index is -0.755. The van der Waals surface area contributed by atoms with Gasteiger partial charge in [-0.2, -0.15) is 9.97 Å². The van der Waals surface area contributed by atoms with Gasteiger partial charge in [-0.05, 0) is 42.5 Å². The number of morpholine rings is 1. The molecule has 0 bridgehead atoms. The zero-order chi connectivity index (χ0) is 34.8. The zero-order valence-corrected chi connectivity index (χ0v) is 27.8. The van der Waals surface area contributed by atoms with E-state index in [4.69, 9.17) is 30.4 Å². The maximum Gasteiger partial charge on any atom is 0.319 e. The SMILES string of the molecule is C#Cc1c(F)ccc2cc(OC)cc(-c3ncc4c(N5CCOCC(NC(=O)C=C)C5)nc(OCC5(CN6CCOCC6)CC5)nc4c3F)c12. The predicted molar refractivity (Wildman–Crippen MR) is 184 cm³/mol. The van der Waals surface area contributed by atoms with Crippen LogP contribution in [0.4, 0.5) is 14.6 Å². The topological polar surface area (TPSA) is 111 Å². The Hall–Kier alpha value is -4.90. The molecule has 2 aromatic heterocycles. The second-order valence-corrected chi connectivity index (χ2v) is 13.0. The van der Waals surface area contributed by atoms with Gasteiger partial charge in [-0.15, -0.1) is 6.42 Å². The second-order valence-electron chi connectivity index (χ2n) is 13.0. The number of nitrogens with one attached hydrogen (secondary N) is 1. The van der Waals surface area contributed by atoms with Gasteiger partial charge in [0.2, 0.25) is 5.91 Å². The molecule has 3 fully saturated rings. The van der Waals surface area contributed by atoms with Crippen molar-refractivity contribution in [1.29, 1.82) is 0 Å². The third-order valence-electron chi connectivity index (χ3n) is 9.54. The van der Waals surface area contributed by atoms with Crippen molar-refractivity contribution >= 4 is 33.4 Å². The molecule has 1 saturated carbocycles. The Bertz CT molecular complexity index is 1990. The van der Waals surface area contributed by atoms with Gasteiger partial charge in [0.1, 0.15) is 28.6 Å². The number of terminal acetylenes is 1. The summed E-state index contributed by atoms with van der Waals surface area (Å²) in [5.41, 5.74) is 0.0799. The van der Waals surface area contributed by atoms with Crippen LogP contribution >= 0.6 is 0 Å². The number of methoxy groups -OCH3 is 1. The van der Waals surface area contributed by atoms with Crippen LogP contribution in [-0.2, 0) is 14.3 Å². The molecule has 1 N–H and O–H groups in total. The third kappa shape index (κ3) is 6.79. The highest BCUT2D eigenvalue weighted by Crippen LogP contribution is 2.47. The molecule has 50 heavy (non-hydrogen) atoms. The first-order valence-corrected chi connectivity index (χ1v) is 16.6. The van der Waals surface area contributed by atoms with Gasteiger partial charge in [0.05, 0.1) is 57.1 Å². The lowest BCUT2D eigenvalue weighted by atomic mass is 9.95. The fourth-order valence-electron chi connectivity index (χ4n) is 6.70. The van der Waals surface area contributed by atoms with Gasteiger partial charge in [0, 0.05) is 55.3 Å². The summed E-state index contributed by atoms with van der Waals surface area (Å²) >= 11 is 0. The quantitative estimate of drug-likeness (QED) is 0.194. The summed E-state index contributed by atoms with van der Waals surface area (Å²) in [5, 5.41) is 4.11. The smallest absolute Gasteiger partial charge is 0.319 e. The Kier molecular flexibility index (Phi) is 9.50. The minimum Gasteiger partial charge on any atom is -0.497 e. The third-order valence-corrected chi connectivity index (χ3v) is 9.54. The van der Waals surface area contributed by atoms with Crippen LogP contribution in [0.15, 0.2) is 43.1 Å². The molecule has 1 aliphatic carbocycles. The molecule has 13 heteroatoms. The monoisotopic (exact) mass is 684 g/mol. The van der Waals surface area contributed by atoms with E-state index in [-0.39, 0.29) is 46.3 Å². The predicted octanol–water partition coefficient (Wildman–Crippen LogP) is 4.11. The maximum absolute atomic E-state index is 17.0. The standard InChI is InChI=1S/C37H38F2N6O5/c1-4-26-29(38)7-6-23-16-25(47-3)17-27(31(23)26)33-32(39)34-28(18-40-33)35(45-12-15-49-20-24(19-45)41-30(46)5-2)43-36(42-34)50-22-37(8-9-37)21-44-10-13-48-14-11-44/h1,5-7,16-18,24H,2,8-15,19-22H2,3H3,(H,41,46). The molecule has 3 aliphatic rings. The average molecular weight is 685 g/mol. The fraction of sp³-hybridized carbons (Fsp3) is 0.405. The van der Waals surface area contributed by atoms with Crippen molar-refractivity contribution < 1.29 is 32.5 Å². The molecular weight excluding hydrogens is 646 g/mol. The van der Waals surface area contributed by atoms with Gasteiger partial charge in [-0.1, -0.05) is 18.6 Å². The van der Waals surface area contributed by atoms with Crippen LogP contribution in [0.2, 0.25) is 0 Å². The molecule has 11 nitrogen and oxygen atoms in total. The molecule has 1 amide bonds. The number of fused-ring (bicyclic) bond motifs is 2. The van der Waals surface area contributed by atoms with E-state index in [0.29, 0.717) is 67.2 Å². The van der Waals surface area contributed by atoms with Crippen LogP contribution < -0.4 is 19.7 Å². The lowest BCUT2D eigenvalue weighted by Crippen LogP contribution is -2.44. The van der Waals surface area contributed by atoms with Gasteiger partial charge in [0.15, 0.2) is 5.82 Å². The number of rotatable bonds is 10.